The van der Waals surface area contributed by atoms with Gasteiger partial charge in [0, 0.05) is 4.47 Å². The van der Waals surface area contributed by atoms with Crippen molar-refractivity contribution >= 4 is 34.2 Å². The molecule has 5 heteroatoms. The minimum Gasteiger partial charge on any atom is -0.345 e. The minimum atomic E-state index is -0.109. The van der Waals surface area contributed by atoms with Crippen LogP contribution >= 0.6 is 28.3 Å². The maximum absolute atomic E-state index is 12.0. The molecule has 1 aromatic rings. The van der Waals surface area contributed by atoms with Gasteiger partial charge in [0.15, 0.2) is 0 Å². The van der Waals surface area contributed by atoms with Gasteiger partial charge >= 0.3 is 0 Å². The number of halogens is 2. The molecule has 0 unspecified atom stereocenters. The zero-order chi connectivity index (χ0) is 13.3. The van der Waals surface area contributed by atoms with Crippen LogP contribution < -0.4 is 10.6 Å². The van der Waals surface area contributed by atoms with Crippen LogP contribution in [0, 0.1) is 5.92 Å². The molecule has 0 spiro atoms. The molecule has 2 N–H and O–H groups in total. The third-order valence-corrected chi connectivity index (χ3v) is 4.41. The summed E-state index contributed by atoms with van der Waals surface area (Å²) in [7, 11) is 0. The smallest absolute Gasteiger partial charge is 0.234 e. The van der Waals surface area contributed by atoms with Crippen LogP contribution in [-0.2, 0) is 10.3 Å². The lowest BCUT2D eigenvalue weighted by molar-refractivity contribution is -0.121. The number of hydrogen-bond acceptors (Lipinski definition) is 2. The average Bonchev–Trinajstić information content (AvgIpc) is 3.25. The second kappa shape index (κ2) is 6.46. The molecule has 1 aromatic carbocycles. The Morgan fingerprint density at radius 1 is 1.35 bits per heavy atom. The molecule has 0 heterocycles. The van der Waals surface area contributed by atoms with Crippen LogP contribution in [0.25, 0.3) is 0 Å². The third-order valence-electron chi connectivity index (χ3n) is 3.92. The normalized spacial score (nSPS) is 19.1. The van der Waals surface area contributed by atoms with E-state index in [2.05, 4.69) is 38.7 Å². The number of amides is 1. The molecule has 2 aliphatic carbocycles. The van der Waals surface area contributed by atoms with Gasteiger partial charge in [0.2, 0.25) is 5.91 Å². The molecule has 0 atom stereocenters. The van der Waals surface area contributed by atoms with E-state index in [0.29, 0.717) is 6.54 Å². The van der Waals surface area contributed by atoms with Crippen molar-refractivity contribution in [2.75, 3.05) is 13.1 Å². The highest BCUT2D eigenvalue weighted by atomic mass is 79.9. The van der Waals surface area contributed by atoms with Crippen molar-refractivity contribution < 1.29 is 4.79 Å². The molecular weight excluding hydrogens is 340 g/mol. The first-order valence-electron chi connectivity index (χ1n) is 6.96. The van der Waals surface area contributed by atoms with Crippen molar-refractivity contribution in [2.24, 2.45) is 5.92 Å². The first kappa shape index (κ1) is 15.8. The quantitative estimate of drug-likeness (QED) is 0.820. The third kappa shape index (κ3) is 3.96. The van der Waals surface area contributed by atoms with E-state index in [1.54, 1.807) is 0 Å². The summed E-state index contributed by atoms with van der Waals surface area (Å²) in [6.45, 7) is 1.42. The number of hydrogen-bond donors (Lipinski definition) is 2. The highest BCUT2D eigenvalue weighted by Gasteiger charge is 2.45. The average molecular weight is 360 g/mol. The molecule has 3 nitrogen and oxygen atoms in total. The van der Waals surface area contributed by atoms with Gasteiger partial charge < -0.3 is 10.6 Å². The topological polar surface area (TPSA) is 41.1 Å². The van der Waals surface area contributed by atoms with Gasteiger partial charge in [-0.3, -0.25) is 4.79 Å². The predicted molar refractivity (Wildman–Crippen MR) is 86.0 cm³/mol. The summed E-state index contributed by atoms with van der Waals surface area (Å²) in [6, 6.07) is 8.23. The molecule has 0 saturated heterocycles. The Morgan fingerprint density at radius 3 is 2.70 bits per heavy atom. The lowest BCUT2D eigenvalue weighted by atomic mass is 10.1. The number of nitrogens with one attached hydrogen (secondary N) is 2. The number of benzene rings is 1. The van der Waals surface area contributed by atoms with E-state index in [9.17, 15) is 4.79 Å². The van der Waals surface area contributed by atoms with Gasteiger partial charge in [-0.25, -0.2) is 0 Å². The SMILES string of the molecule is Cl.O=C(CNCC1CC1)NC1(c2cccc(Br)c2)CC1. The molecule has 0 bridgehead atoms. The van der Waals surface area contributed by atoms with Crippen molar-refractivity contribution in [3.05, 3.63) is 34.3 Å². The molecule has 2 fully saturated rings. The maximum atomic E-state index is 12.0. The maximum Gasteiger partial charge on any atom is 0.234 e. The van der Waals surface area contributed by atoms with Gasteiger partial charge in [-0.15, -0.1) is 12.4 Å². The van der Waals surface area contributed by atoms with Gasteiger partial charge in [0.1, 0.15) is 0 Å². The largest absolute Gasteiger partial charge is 0.345 e. The Balaban J connectivity index is 0.00000147. The Labute approximate surface area is 134 Å². The Kier molecular flexibility index (Phi) is 5.10. The highest BCUT2D eigenvalue weighted by Crippen LogP contribution is 2.45. The monoisotopic (exact) mass is 358 g/mol. The number of carbonyl (C=O) groups excluding carboxylic acids is 1. The minimum absolute atomic E-state index is 0. The molecule has 110 valence electrons. The predicted octanol–water partition coefficient (Wildman–Crippen LogP) is 2.98. The second-order valence-corrected chi connectivity index (χ2v) is 6.63. The van der Waals surface area contributed by atoms with Crippen LogP contribution in [0.3, 0.4) is 0 Å². The van der Waals surface area contributed by atoms with Crippen LogP contribution in [0.5, 0.6) is 0 Å². The van der Waals surface area contributed by atoms with Crippen LogP contribution in [0.15, 0.2) is 28.7 Å². The van der Waals surface area contributed by atoms with Crippen molar-refractivity contribution in [3.63, 3.8) is 0 Å². The van der Waals surface area contributed by atoms with Gasteiger partial charge in [-0.2, -0.15) is 0 Å². The van der Waals surface area contributed by atoms with E-state index in [0.717, 1.165) is 29.8 Å². The Hall–Kier alpha value is -0.580. The van der Waals surface area contributed by atoms with Crippen molar-refractivity contribution in [1.82, 2.24) is 10.6 Å². The summed E-state index contributed by atoms with van der Waals surface area (Å²) < 4.78 is 1.07. The lowest BCUT2D eigenvalue weighted by Gasteiger charge is -2.18. The fourth-order valence-corrected chi connectivity index (χ4v) is 2.82. The van der Waals surface area contributed by atoms with E-state index in [1.807, 2.05) is 12.1 Å². The zero-order valence-corrected chi connectivity index (χ0v) is 13.7. The molecule has 20 heavy (non-hydrogen) atoms. The first-order valence-corrected chi connectivity index (χ1v) is 7.75. The van der Waals surface area contributed by atoms with Crippen molar-refractivity contribution in [1.29, 1.82) is 0 Å². The van der Waals surface area contributed by atoms with E-state index >= 15 is 0 Å². The Bertz CT molecular complexity index is 487. The molecule has 1 amide bonds. The van der Waals surface area contributed by atoms with Crippen LogP contribution in [0.2, 0.25) is 0 Å². The summed E-state index contributed by atoms with van der Waals surface area (Å²) >= 11 is 3.49. The van der Waals surface area contributed by atoms with E-state index < -0.39 is 0 Å². The summed E-state index contributed by atoms with van der Waals surface area (Å²) in [5.74, 6) is 0.922. The van der Waals surface area contributed by atoms with Gasteiger partial charge in [0.05, 0.1) is 12.1 Å². The summed E-state index contributed by atoms with van der Waals surface area (Å²) in [5, 5.41) is 6.42. The molecule has 3 rings (SSSR count). The van der Waals surface area contributed by atoms with E-state index in [4.69, 9.17) is 0 Å². The second-order valence-electron chi connectivity index (χ2n) is 5.71. The van der Waals surface area contributed by atoms with E-state index in [-0.39, 0.29) is 23.9 Å². The molecule has 2 aliphatic rings. The lowest BCUT2D eigenvalue weighted by Crippen LogP contribution is -2.41. The molecule has 2 saturated carbocycles. The molecule has 0 radical (unpaired) electrons. The van der Waals surface area contributed by atoms with Gasteiger partial charge in [0.25, 0.3) is 0 Å². The highest BCUT2D eigenvalue weighted by molar-refractivity contribution is 9.10. The fraction of sp³-hybridized carbons (Fsp3) is 0.533. The summed E-state index contributed by atoms with van der Waals surface area (Å²) in [5.41, 5.74) is 1.10. The van der Waals surface area contributed by atoms with Gasteiger partial charge in [-0.05, 0) is 55.8 Å². The molecule has 0 aliphatic heterocycles. The Morgan fingerprint density at radius 2 is 2.10 bits per heavy atom. The van der Waals surface area contributed by atoms with Crippen LogP contribution in [0.1, 0.15) is 31.2 Å². The summed E-state index contributed by atoms with van der Waals surface area (Å²) in [4.78, 5) is 12.0. The van der Waals surface area contributed by atoms with Crippen molar-refractivity contribution in [3.8, 4) is 0 Å². The zero-order valence-electron chi connectivity index (χ0n) is 11.3. The number of rotatable bonds is 6. The van der Waals surface area contributed by atoms with E-state index in [1.165, 1.54) is 18.4 Å². The number of carbonyl (C=O) groups is 1. The fourth-order valence-electron chi connectivity index (χ4n) is 2.42. The summed E-state index contributed by atoms with van der Waals surface area (Å²) in [6.07, 6.45) is 4.71. The first-order chi connectivity index (χ1) is 9.18. The van der Waals surface area contributed by atoms with Crippen LogP contribution in [-0.4, -0.2) is 19.0 Å². The standard InChI is InChI=1S/C15H19BrN2O.ClH/c16-13-3-1-2-12(8-13)15(6-7-15)18-14(19)10-17-9-11-4-5-11;/h1-3,8,11,17H,4-7,9-10H2,(H,18,19);1H. The van der Waals surface area contributed by atoms with Crippen LogP contribution in [0.4, 0.5) is 0 Å². The molecule has 0 aromatic heterocycles. The van der Waals surface area contributed by atoms with Crippen molar-refractivity contribution in [2.45, 2.75) is 31.2 Å². The molecular formula is C15H20BrClN2O. The van der Waals surface area contributed by atoms with Gasteiger partial charge in [-0.1, -0.05) is 28.1 Å².